The van der Waals surface area contributed by atoms with Crippen LogP contribution in [0.15, 0.2) is 71.2 Å². The summed E-state index contributed by atoms with van der Waals surface area (Å²) in [7, 11) is 0. The number of carbonyl (C=O) groups is 2. The second kappa shape index (κ2) is 14.9. The largest absolute Gasteiger partial charge is 0.483 e. The molecule has 0 heterocycles. The van der Waals surface area contributed by atoms with Crippen LogP contribution < -0.4 is 10.1 Å². The van der Waals surface area contributed by atoms with Crippen LogP contribution in [-0.2, 0) is 28.0 Å². The minimum absolute atomic E-state index is 0.0301. The Labute approximate surface area is 256 Å². The normalized spacial score (nSPS) is 12.1. The van der Waals surface area contributed by atoms with E-state index in [9.17, 15) is 9.59 Å². The predicted molar refractivity (Wildman–Crippen MR) is 167 cm³/mol. The zero-order chi connectivity index (χ0) is 29.3. The van der Waals surface area contributed by atoms with E-state index in [0.29, 0.717) is 34.3 Å². The molecule has 40 heavy (non-hydrogen) atoms. The summed E-state index contributed by atoms with van der Waals surface area (Å²) >= 11 is 16.6. The van der Waals surface area contributed by atoms with Crippen LogP contribution >= 0.6 is 39.1 Å². The maximum Gasteiger partial charge on any atom is 0.261 e. The Hall–Kier alpha value is -2.54. The van der Waals surface area contributed by atoms with Crippen molar-refractivity contribution in [3.05, 3.63) is 97.9 Å². The number of unbranched alkanes of at least 4 members (excludes halogenated alkanes) is 1. The smallest absolute Gasteiger partial charge is 0.261 e. The van der Waals surface area contributed by atoms with Crippen molar-refractivity contribution < 1.29 is 14.3 Å². The number of hydrogen-bond acceptors (Lipinski definition) is 3. The number of rotatable bonds is 12. The van der Waals surface area contributed by atoms with E-state index >= 15 is 0 Å². The molecule has 0 fully saturated rings. The SMILES string of the molecule is CCCCNC(=O)C(Cc1ccccc1)N(Cc1c(Cl)cccc1Cl)C(=O)COc1ccc(C(C)(C)C)cc1Br. The van der Waals surface area contributed by atoms with Gasteiger partial charge in [-0.25, -0.2) is 0 Å². The second-order valence-electron chi connectivity index (χ2n) is 10.8. The average molecular weight is 648 g/mol. The third-order valence-electron chi connectivity index (χ3n) is 6.64. The molecular formula is C32H37BrCl2N2O3. The van der Waals surface area contributed by atoms with E-state index in [-0.39, 0.29) is 30.4 Å². The van der Waals surface area contributed by atoms with E-state index in [1.807, 2.05) is 48.5 Å². The van der Waals surface area contributed by atoms with E-state index < -0.39 is 6.04 Å². The summed E-state index contributed by atoms with van der Waals surface area (Å²) in [5.74, 6) is -0.0389. The van der Waals surface area contributed by atoms with Crippen LogP contribution in [0.1, 0.15) is 57.2 Å². The van der Waals surface area contributed by atoms with Crippen LogP contribution in [-0.4, -0.2) is 35.9 Å². The van der Waals surface area contributed by atoms with Crippen molar-refractivity contribution in [2.75, 3.05) is 13.2 Å². The van der Waals surface area contributed by atoms with Crippen LogP contribution in [0.25, 0.3) is 0 Å². The molecular weight excluding hydrogens is 611 g/mol. The molecule has 0 aliphatic carbocycles. The molecule has 3 rings (SSSR count). The highest BCUT2D eigenvalue weighted by Gasteiger charge is 2.31. The van der Waals surface area contributed by atoms with Gasteiger partial charge in [0.15, 0.2) is 6.61 Å². The molecule has 3 aromatic carbocycles. The first kappa shape index (κ1) is 32.0. The summed E-state index contributed by atoms with van der Waals surface area (Å²) in [6.45, 7) is 8.79. The standard InChI is InChI=1S/C32H37BrCl2N2O3/c1-5-6-17-36-31(39)28(18-22-11-8-7-9-12-22)37(20-24-26(34)13-10-14-27(24)35)30(38)21-40-29-16-15-23(19-25(29)33)32(2,3)4/h7-16,19,28H,5-6,17-18,20-21H2,1-4H3,(H,36,39). The molecule has 0 bridgehead atoms. The molecule has 1 atom stereocenters. The van der Waals surface area contributed by atoms with Gasteiger partial charge in [-0.1, -0.05) is 99.8 Å². The number of benzene rings is 3. The fraction of sp³-hybridized carbons (Fsp3) is 0.375. The molecule has 1 N–H and O–H groups in total. The molecule has 0 aromatic heterocycles. The predicted octanol–water partition coefficient (Wildman–Crippen LogP) is 7.99. The molecule has 1 unspecified atom stereocenters. The number of halogens is 3. The number of nitrogens with one attached hydrogen (secondary N) is 1. The quantitative estimate of drug-likeness (QED) is 0.203. The van der Waals surface area contributed by atoms with Crippen LogP contribution in [0.4, 0.5) is 0 Å². The van der Waals surface area contributed by atoms with Gasteiger partial charge in [0.05, 0.1) is 4.47 Å². The molecule has 0 spiro atoms. The first-order chi connectivity index (χ1) is 19.0. The van der Waals surface area contributed by atoms with Gasteiger partial charge < -0.3 is 15.0 Å². The lowest BCUT2D eigenvalue weighted by Crippen LogP contribution is -2.52. The lowest BCUT2D eigenvalue weighted by atomic mass is 9.87. The van der Waals surface area contributed by atoms with E-state index in [1.165, 1.54) is 4.90 Å². The van der Waals surface area contributed by atoms with E-state index in [2.05, 4.69) is 48.9 Å². The Balaban J connectivity index is 1.94. The third-order valence-corrected chi connectivity index (χ3v) is 7.97. The minimum Gasteiger partial charge on any atom is -0.483 e. The number of nitrogens with zero attached hydrogens (tertiary/aromatic N) is 1. The van der Waals surface area contributed by atoms with Crippen LogP contribution in [0.3, 0.4) is 0 Å². The maximum absolute atomic E-state index is 13.9. The number of amides is 2. The molecule has 5 nitrogen and oxygen atoms in total. The lowest BCUT2D eigenvalue weighted by Gasteiger charge is -2.32. The first-order valence-corrected chi connectivity index (χ1v) is 15.0. The van der Waals surface area contributed by atoms with Gasteiger partial charge in [0, 0.05) is 35.1 Å². The Kier molecular flexibility index (Phi) is 11.9. The molecule has 214 valence electrons. The van der Waals surface area contributed by atoms with Crippen LogP contribution in [0.2, 0.25) is 10.0 Å². The third kappa shape index (κ3) is 8.98. The van der Waals surface area contributed by atoms with Crippen molar-refractivity contribution in [2.45, 2.75) is 65.0 Å². The van der Waals surface area contributed by atoms with Gasteiger partial charge in [-0.3, -0.25) is 9.59 Å². The van der Waals surface area contributed by atoms with Gasteiger partial charge in [-0.05, 0) is 63.2 Å². The van der Waals surface area contributed by atoms with Gasteiger partial charge >= 0.3 is 0 Å². The summed E-state index contributed by atoms with van der Waals surface area (Å²) < 4.78 is 6.74. The monoisotopic (exact) mass is 646 g/mol. The van der Waals surface area contributed by atoms with E-state index in [1.54, 1.807) is 18.2 Å². The number of hydrogen-bond donors (Lipinski definition) is 1. The highest BCUT2D eigenvalue weighted by atomic mass is 79.9. The number of ether oxygens (including phenoxy) is 1. The fourth-order valence-corrected chi connectivity index (χ4v) is 5.23. The van der Waals surface area contributed by atoms with Crippen molar-refractivity contribution in [3.63, 3.8) is 0 Å². The summed E-state index contributed by atoms with van der Waals surface area (Å²) in [6.07, 6.45) is 2.12. The average Bonchev–Trinajstić information content (AvgIpc) is 2.91. The Bertz CT molecular complexity index is 1270. The van der Waals surface area contributed by atoms with E-state index in [4.69, 9.17) is 27.9 Å². The summed E-state index contributed by atoms with van der Waals surface area (Å²) in [4.78, 5) is 29.0. The van der Waals surface area contributed by atoms with Crippen LogP contribution in [0, 0.1) is 0 Å². The second-order valence-corrected chi connectivity index (χ2v) is 12.4. The topological polar surface area (TPSA) is 58.6 Å². The molecule has 0 saturated heterocycles. The van der Waals surface area contributed by atoms with Crippen molar-refractivity contribution in [1.29, 1.82) is 0 Å². The summed E-state index contributed by atoms with van der Waals surface area (Å²) in [6, 6.07) is 19.9. The zero-order valence-corrected chi connectivity index (χ0v) is 26.6. The Morgan fingerprint density at radius 3 is 2.27 bits per heavy atom. The van der Waals surface area contributed by atoms with Gasteiger partial charge in [0.1, 0.15) is 11.8 Å². The molecule has 0 aliphatic heterocycles. The highest BCUT2D eigenvalue weighted by molar-refractivity contribution is 9.10. The van der Waals surface area contributed by atoms with Gasteiger partial charge in [-0.15, -0.1) is 0 Å². The number of carbonyl (C=O) groups excluding carboxylic acids is 2. The summed E-state index contributed by atoms with van der Waals surface area (Å²) in [5, 5.41) is 3.87. The van der Waals surface area contributed by atoms with Crippen molar-refractivity contribution >= 4 is 50.9 Å². The molecule has 8 heteroatoms. The molecule has 0 radical (unpaired) electrons. The lowest BCUT2D eigenvalue weighted by molar-refractivity contribution is -0.142. The van der Waals surface area contributed by atoms with Gasteiger partial charge in [-0.2, -0.15) is 0 Å². The van der Waals surface area contributed by atoms with Crippen molar-refractivity contribution in [3.8, 4) is 5.75 Å². The minimum atomic E-state index is -0.797. The molecule has 2 amide bonds. The first-order valence-electron chi connectivity index (χ1n) is 13.5. The van der Waals surface area contributed by atoms with Crippen molar-refractivity contribution in [2.24, 2.45) is 0 Å². The van der Waals surface area contributed by atoms with Crippen molar-refractivity contribution in [1.82, 2.24) is 10.2 Å². The molecule has 3 aromatic rings. The molecule has 0 saturated carbocycles. The zero-order valence-electron chi connectivity index (χ0n) is 23.5. The Morgan fingerprint density at radius 1 is 1.00 bits per heavy atom. The summed E-state index contributed by atoms with van der Waals surface area (Å²) in [5.41, 5.74) is 2.62. The van der Waals surface area contributed by atoms with E-state index in [0.717, 1.165) is 28.4 Å². The van der Waals surface area contributed by atoms with Gasteiger partial charge in [0.25, 0.3) is 5.91 Å². The maximum atomic E-state index is 13.9. The van der Waals surface area contributed by atoms with Gasteiger partial charge in [0.2, 0.25) is 5.91 Å². The Morgan fingerprint density at radius 2 is 1.68 bits per heavy atom. The fourth-order valence-electron chi connectivity index (χ4n) is 4.22. The highest BCUT2D eigenvalue weighted by Crippen LogP contribution is 2.32. The van der Waals surface area contributed by atoms with Crippen LogP contribution in [0.5, 0.6) is 5.75 Å². The molecule has 0 aliphatic rings.